The number of aromatic nitrogens is 1. The molecule has 0 radical (unpaired) electrons. The number of nitriles is 1. The van der Waals surface area contributed by atoms with Crippen LogP contribution in [0.1, 0.15) is 91.6 Å². The minimum absolute atomic E-state index is 0.117. The molecule has 14 nitrogen and oxygen atoms in total. The van der Waals surface area contributed by atoms with Gasteiger partial charge in [-0.25, -0.2) is 0 Å². The highest BCUT2D eigenvalue weighted by molar-refractivity contribution is 6.05. The number of hydrogen-bond donors (Lipinski definition) is 3. The molecular weight excluding hydrogens is 797 g/mol. The van der Waals surface area contributed by atoms with E-state index in [1.807, 2.05) is 24.3 Å². The zero-order valence-electron chi connectivity index (χ0n) is 36.3. The van der Waals surface area contributed by atoms with Gasteiger partial charge in [0.25, 0.3) is 11.8 Å². The van der Waals surface area contributed by atoms with E-state index in [0.29, 0.717) is 64.3 Å². The molecule has 1 aromatic heterocycles. The number of anilines is 2. The number of H-pyrrole nitrogens is 1. The first kappa shape index (κ1) is 40.8. The van der Waals surface area contributed by atoms with Crippen LogP contribution in [0, 0.1) is 28.1 Å². The fraction of sp³-hybridized carbons (Fsp3) is 0.469. The van der Waals surface area contributed by atoms with Crippen LogP contribution in [0.4, 0.5) is 11.4 Å². The molecule has 3 unspecified atom stereocenters. The Bertz CT molecular complexity index is 2610. The Morgan fingerprint density at radius 1 is 0.873 bits per heavy atom. The van der Waals surface area contributed by atoms with E-state index in [9.17, 15) is 29.2 Å². The summed E-state index contributed by atoms with van der Waals surface area (Å²) in [5, 5.41) is 16.0. The molecule has 63 heavy (non-hydrogen) atoms. The molecule has 7 aliphatic rings. The van der Waals surface area contributed by atoms with Gasteiger partial charge >= 0.3 is 0 Å². The zero-order valence-corrected chi connectivity index (χ0v) is 36.3. The summed E-state index contributed by atoms with van der Waals surface area (Å²) in [6, 6.07) is 23.0. The van der Waals surface area contributed by atoms with Crippen molar-refractivity contribution in [2.45, 2.75) is 96.6 Å². The average Bonchev–Trinajstić information content (AvgIpc) is 3.60. The summed E-state index contributed by atoms with van der Waals surface area (Å²) in [7, 11) is 0. The van der Waals surface area contributed by atoms with E-state index in [-0.39, 0.29) is 47.8 Å². The number of imide groups is 1. The Morgan fingerprint density at radius 3 is 2.29 bits per heavy atom. The van der Waals surface area contributed by atoms with Gasteiger partial charge in [-0.1, -0.05) is 27.7 Å². The first-order valence-corrected chi connectivity index (χ1v) is 22.4. The summed E-state index contributed by atoms with van der Waals surface area (Å²) in [6.45, 7) is 13.8. The number of ether oxygens (including phenoxy) is 1. The van der Waals surface area contributed by atoms with E-state index < -0.39 is 16.9 Å². The highest BCUT2D eigenvalue weighted by atomic mass is 16.5. The van der Waals surface area contributed by atoms with Gasteiger partial charge in [-0.05, 0) is 97.8 Å². The summed E-state index contributed by atoms with van der Waals surface area (Å²) >= 11 is 0. The summed E-state index contributed by atoms with van der Waals surface area (Å²) in [6.07, 6.45) is 3.81. The molecule has 3 aromatic carbocycles. The predicted molar refractivity (Wildman–Crippen MR) is 237 cm³/mol. The van der Waals surface area contributed by atoms with Crippen molar-refractivity contribution < 1.29 is 23.9 Å². The van der Waals surface area contributed by atoms with Gasteiger partial charge in [-0.15, -0.1) is 0 Å². The number of aromatic amines is 1. The van der Waals surface area contributed by atoms with E-state index in [2.05, 4.69) is 82.3 Å². The van der Waals surface area contributed by atoms with Crippen LogP contribution in [0.5, 0.6) is 5.75 Å². The number of pyridine rings is 1. The minimum Gasteiger partial charge on any atom is -0.488 e. The molecule has 6 fully saturated rings. The molecule has 3 N–H and O–H groups in total. The molecule has 11 rings (SSSR count). The van der Waals surface area contributed by atoms with Crippen molar-refractivity contribution in [2.75, 3.05) is 42.5 Å². The third-order valence-electron chi connectivity index (χ3n) is 15.1. The molecule has 6 aliphatic heterocycles. The Morgan fingerprint density at radius 2 is 1.59 bits per heavy atom. The quantitative estimate of drug-likeness (QED) is 0.196. The number of hydrogen-bond acceptors (Lipinski definition) is 10. The Kier molecular flexibility index (Phi) is 9.89. The Balaban J connectivity index is 0.703. The summed E-state index contributed by atoms with van der Waals surface area (Å²) < 4.78 is 6.64. The lowest BCUT2D eigenvalue weighted by Gasteiger charge is -2.63. The number of nitrogens with one attached hydrogen (secondary N) is 3. The van der Waals surface area contributed by atoms with Gasteiger partial charge in [-0.3, -0.25) is 34.2 Å². The maximum atomic E-state index is 13.7. The molecule has 1 saturated carbocycles. The van der Waals surface area contributed by atoms with Gasteiger partial charge in [0, 0.05) is 109 Å². The van der Waals surface area contributed by atoms with Gasteiger partial charge in [0.15, 0.2) is 0 Å². The van der Waals surface area contributed by atoms with Crippen molar-refractivity contribution in [2.24, 2.45) is 16.7 Å². The van der Waals surface area contributed by atoms with Crippen LogP contribution in [0.15, 0.2) is 71.5 Å². The van der Waals surface area contributed by atoms with Gasteiger partial charge in [0.2, 0.25) is 17.4 Å². The van der Waals surface area contributed by atoms with E-state index >= 15 is 0 Å². The third kappa shape index (κ3) is 7.01. The number of amides is 4. The van der Waals surface area contributed by atoms with Crippen molar-refractivity contribution in [1.29, 1.82) is 5.26 Å². The molecule has 2 bridgehead atoms. The molecular formula is C49H54N8O6. The third-order valence-corrected chi connectivity index (χ3v) is 15.1. The van der Waals surface area contributed by atoms with E-state index in [0.717, 1.165) is 62.5 Å². The fourth-order valence-electron chi connectivity index (χ4n) is 12.0. The standard InChI is InChI=1S/C49H54N8O6/c1-48(2)46(49(3,4)47(48)63-39-14-7-30(23-50)42-37(39)12-15-40(58)51-42)53-43(60)29-5-8-32(9-6-29)55-26-34-22-35(27-55)56(34)24-28-17-19-54(20-18-28)33-10-11-36-31(21-33)25-57(45(36)62)38-13-16-41(59)52-44(38)61/h5-12,14-15,21,28,34-35,38,46-47H,13,16-20,22,24-27H2,1-4H3,(H,51,58)(H,53,60)(H,52,59,61). The number of carbonyl (C=O) groups excluding carboxylic acids is 4. The number of piperidine rings is 3. The van der Waals surface area contributed by atoms with Crippen molar-refractivity contribution in [3.63, 3.8) is 0 Å². The molecule has 5 saturated heterocycles. The molecule has 3 atom stereocenters. The lowest BCUT2D eigenvalue weighted by molar-refractivity contribution is -0.163. The van der Waals surface area contributed by atoms with E-state index in [1.165, 1.54) is 12.5 Å². The lowest BCUT2D eigenvalue weighted by atomic mass is 9.49. The number of carbonyl (C=O) groups is 4. The highest BCUT2D eigenvalue weighted by Crippen LogP contribution is 2.56. The largest absolute Gasteiger partial charge is 0.488 e. The predicted octanol–water partition coefficient (Wildman–Crippen LogP) is 4.95. The van der Waals surface area contributed by atoms with Crippen LogP contribution in [-0.2, 0) is 16.1 Å². The second kappa shape index (κ2) is 15.3. The number of fused-ring (bicyclic) bond motifs is 4. The van der Waals surface area contributed by atoms with Crippen LogP contribution >= 0.6 is 0 Å². The minimum atomic E-state index is -0.605. The van der Waals surface area contributed by atoms with Gasteiger partial charge < -0.3 is 29.7 Å². The molecule has 4 aromatic rings. The average molecular weight is 851 g/mol. The lowest BCUT2D eigenvalue weighted by Crippen LogP contribution is -2.74. The molecule has 0 spiro atoms. The maximum absolute atomic E-state index is 13.7. The second-order valence-electron chi connectivity index (χ2n) is 19.7. The molecule has 7 heterocycles. The van der Waals surface area contributed by atoms with Crippen LogP contribution < -0.4 is 30.7 Å². The zero-order chi connectivity index (χ0) is 43.9. The van der Waals surface area contributed by atoms with Gasteiger partial charge in [-0.2, -0.15) is 5.26 Å². The molecule has 1 aliphatic carbocycles. The normalized spacial score (nSPS) is 26.4. The van der Waals surface area contributed by atoms with E-state index in [4.69, 9.17) is 4.74 Å². The smallest absolute Gasteiger partial charge is 0.255 e. The van der Waals surface area contributed by atoms with Crippen LogP contribution in [-0.4, -0.2) is 101 Å². The molecule has 326 valence electrons. The monoisotopic (exact) mass is 850 g/mol. The Hall–Kier alpha value is -6.20. The number of nitrogens with zero attached hydrogens (tertiary/aromatic N) is 5. The number of piperazine rings is 1. The van der Waals surface area contributed by atoms with Gasteiger partial charge in [0.1, 0.15) is 24.0 Å². The van der Waals surface area contributed by atoms with Crippen LogP contribution in [0.3, 0.4) is 0 Å². The van der Waals surface area contributed by atoms with Crippen molar-refractivity contribution in [1.82, 2.24) is 25.4 Å². The first-order chi connectivity index (χ1) is 30.2. The summed E-state index contributed by atoms with van der Waals surface area (Å²) in [4.78, 5) is 75.1. The summed E-state index contributed by atoms with van der Waals surface area (Å²) in [5.74, 6) is 0.297. The molecule has 4 amide bonds. The first-order valence-electron chi connectivity index (χ1n) is 22.4. The van der Waals surface area contributed by atoms with Crippen LogP contribution in [0.25, 0.3) is 10.9 Å². The molecule has 14 heteroatoms. The second-order valence-corrected chi connectivity index (χ2v) is 19.7. The van der Waals surface area contributed by atoms with Crippen molar-refractivity contribution in [3.8, 4) is 11.8 Å². The number of benzene rings is 3. The fourth-order valence-corrected chi connectivity index (χ4v) is 12.0. The number of rotatable bonds is 9. The van der Waals surface area contributed by atoms with Crippen LogP contribution in [0.2, 0.25) is 0 Å². The summed E-state index contributed by atoms with van der Waals surface area (Å²) in [5.41, 5.74) is 4.21. The van der Waals surface area contributed by atoms with Gasteiger partial charge in [0.05, 0.1) is 11.1 Å². The topological polar surface area (TPSA) is 171 Å². The maximum Gasteiger partial charge on any atom is 0.255 e. The van der Waals surface area contributed by atoms with Crippen molar-refractivity contribution in [3.05, 3.63) is 99.3 Å². The SMILES string of the molecule is CC1(C)C(NC(=O)c2ccc(N3CC4CC(C3)N4CC3CCN(c4ccc5c(c4)CN(C4CCC(=O)NC4=O)C5=O)CC3)cc2)C(C)(C)C1Oc1ccc(C#N)c2[nH]c(=O)ccc12. The Labute approximate surface area is 366 Å². The van der Waals surface area contributed by atoms with E-state index in [1.54, 1.807) is 23.1 Å². The van der Waals surface area contributed by atoms with Crippen molar-refractivity contribution >= 4 is 45.9 Å². The highest BCUT2D eigenvalue weighted by Gasteiger charge is 2.64.